The Kier molecular flexibility index (Phi) is 5.68. The van der Waals surface area contributed by atoms with Crippen LogP contribution in [-0.4, -0.2) is 34.2 Å². The molecule has 1 aromatic carbocycles. The van der Waals surface area contributed by atoms with Gasteiger partial charge in [-0.3, -0.25) is 4.79 Å². The number of aliphatic carboxylic acids is 2. The quantitative estimate of drug-likeness (QED) is 0.628. The van der Waals surface area contributed by atoms with Gasteiger partial charge in [0.1, 0.15) is 6.04 Å². The number of rotatable bonds is 5. The highest BCUT2D eigenvalue weighted by atomic mass is 79.9. The zero-order valence-corrected chi connectivity index (χ0v) is 12.0. The molecule has 2 amide bonds. The van der Waals surface area contributed by atoms with Crippen molar-refractivity contribution in [2.24, 2.45) is 0 Å². The number of anilines is 1. The fraction of sp³-hybridized carbons (Fsp3) is 0.167. The molecule has 1 rings (SSSR count). The molecule has 0 aliphatic carbocycles. The Morgan fingerprint density at radius 2 is 2.00 bits per heavy atom. The molecular formula is C12H10BrN3O5. The largest absolute Gasteiger partial charge is 0.481 e. The summed E-state index contributed by atoms with van der Waals surface area (Å²) in [4.78, 5) is 33.0. The number of carbonyl (C=O) groups is 3. The van der Waals surface area contributed by atoms with E-state index in [1.807, 2.05) is 11.4 Å². The van der Waals surface area contributed by atoms with E-state index in [1.165, 1.54) is 18.2 Å². The average molecular weight is 356 g/mol. The lowest BCUT2D eigenvalue weighted by atomic mass is 10.2. The van der Waals surface area contributed by atoms with E-state index in [1.54, 1.807) is 0 Å². The maximum absolute atomic E-state index is 11.7. The van der Waals surface area contributed by atoms with Crippen molar-refractivity contribution in [2.45, 2.75) is 12.5 Å². The van der Waals surface area contributed by atoms with Crippen molar-refractivity contribution in [2.75, 3.05) is 5.32 Å². The van der Waals surface area contributed by atoms with Crippen LogP contribution >= 0.6 is 15.9 Å². The van der Waals surface area contributed by atoms with E-state index in [0.717, 1.165) is 0 Å². The number of nitriles is 1. The third kappa shape index (κ3) is 5.12. The number of nitrogens with one attached hydrogen (secondary N) is 2. The van der Waals surface area contributed by atoms with Gasteiger partial charge in [-0.1, -0.05) is 0 Å². The minimum absolute atomic E-state index is 0.311. The van der Waals surface area contributed by atoms with Crippen molar-refractivity contribution in [3.8, 4) is 6.07 Å². The summed E-state index contributed by atoms with van der Waals surface area (Å²) in [6.07, 6.45) is -0.739. The van der Waals surface area contributed by atoms with E-state index < -0.39 is 30.4 Å². The lowest BCUT2D eigenvalue weighted by molar-refractivity contribution is -0.145. The third-order valence-electron chi connectivity index (χ3n) is 2.33. The van der Waals surface area contributed by atoms with Gasteiger partial charge in [0.25, 0.3) is 0 Å². The van der Waals surface area contributed by atoms with Gasteiger partial charge in [-0.15, -0.1) is 0 Å². The van der Waals surface area contributed by atoms with E-state index in [0.29, 0.717) is 15.7 Å². The molecule has 9 heteroatoms. The molecule has 0 saturated carbocycles. The van der Waals surface area contributed by atoms with Crippen LogP contribution < -0.4 is 10.6 Å². The number of hydrogen-bond acceptors (Lipinski definition) is 4. The third-order valence-corrected chi connectivity index (χ3v) is 2.98. The molecule has 0 aliphatic heterocycles. The van der Waals surface area contributed by atoms with Crippen LogP contribution in [0.3, 0.4) is 0 Å². The molecule has 0 radical (unpaired) electrons. The van der Waals surface area contributed by atoms with E-state index >= 15 is 0 Å². The van der Waals surface area contributed by atoms with Gasteiger partial charge in [-0.2, -0.15) is 5.26 Å². The van der Waals surface area contributed by atoms with E-state index in [4.69, 9.17) is 15.5 Å². The second-order valence-electron chi connectivity index (χ2n) is 3.89. The predicted octanol–water partition coefficient (Wildman–Crippen LogP) is 1.37. The highest BCUT2D eigenvalue weighted by Crippen LogP contribution is 2.23. The molecule has 0 saturated heterocycles. The average Bonchev–Trinajstić information content (AvgIpc) is 2.39. The molecule has 1 aromatic rings. The highest BCUT2D eigenvalue weighted by molar-refractivity contribution is 9.10. The second kappa shape index (κ2) is 7.25. The number of nitrogens with zero attached hydrogens (tertiary/aromatic N) is 1. The molecule has 0 bridgehead atoms. The summed E-state index contributed by atoms with van der Waals surface area (Å²) in [7, 11) is 0. The molecule has 0 fully saturated rings. The van der Waals surface area contributed by atoms with Crippen LogP contribution in [0, 0.1) is 11.3 Å². The number of urea groups is 1. The number of hydrogen-bond donors (Lipinski definition) is 4. The van der Waals surface area contributed by atoms with Crippen LogP contribution in [0.1, 0.15) is 12.0 Å². The standard InChI is InChI=1S/C12H10BrN3O5/c13-7-3-6(5-14)1-2-8(7)15-12(21)16-9(11(19)20)4-10(17)18/h1-3,9H,4H2,(H,17,18)(H,19,20)(H2,15,16,21). The zero-order chi connectivity index (χ0) is 16.0. The number of benzene rings is 1. The number of carbonyl (C=O) groups excluding carboxylic acids is 1. The van der Waals surface area contributed by atoms with Crippen molar-refractivity contribution >= 4 is 39.6 Å². The lowest BCUT2D eigenvalue weighted by Gasteiger charge is -2.14. The maximum Gasteiger partial charge on any atom is 0.326 e. The highest BCUT2D eigenvalue weighted by Gasteiger charge is 2.23. The number of amides is 2. The minimum atomic E-state index is -1.54. The molecule has 8 nitrogen and oxygen atoms in total. The van der Waals surface area contributed by atoms with Crippen molar-refractivity contribution < 1.29 is 24.6 Å². The lowest BCUT2D eigenvalue weighted by Crippen LogP contribution is -2.44. The van der Waals surface area contributed by atoms with Crippen LogP contribution in [-0.2, 0) is 9.59 Å². The fourth-order valence-electron chi connectivity index (χ4n) is 1.38. The first-order valence-electron chi connectivity index (χ1n) is 5.55. The molecule has 110 valence electrons. The Bertz CT molecular complexity index is 626. The van der Waals surface area contributed by atoms with E-state index in [9.17, 15) is 14.4 Å². The van der Waals surface area contributed by atoms with Crippen molar-refractivity contribution in [1.29, 1.82) is 5.26 Å². The van der Waals surface area contributed by atoms with Crippen LogP contribution in [0.4, 0.5) is 10.5 Å². The van der Waals surface area contributed by atoms with Gasteiger partial charge in [-0.25, -0.2) is 9.59 Å². The Balaban J connectivity index is 2.75. The van der Waals surface area contributed by atoms with Gasteiger partial charge in [0.15, 0.2) is 0 Å². The Morgan fingerprint density at radius 3 is 2.48 bits per heavy atom. The minimum Gasteiger partial charge on any atom is -0.481 e. The molecule has 0 spiro atoms. The van der Waals surface area contributed by atoms with Gasteiger partial charge >= 0.3 is 18.0 Å². The number of halogens is 1. The Hall–Kier alpha value is -2.60. The number of carboxylic acids is 2. The maximum atomic E-state index is 11.7. The predicted molar refractivity (Wildman–Crippen MR) is 74.7 cm³/mol. The molecule has 1 unspecified atom stereocenters. The summed E-state index contributed by atoms with van der Waals surface area (Å²) >= 11 is 3.15. The van der Waals surface area contributed by atoms with Crippen molar-refractivity contribution in [3.63, 3.8) is 0 Å². The monoisotopic (exact) mass is 355 g/mol. The first kappa shape index (κ1) is 16.5. The van der Waals surface area contributed by atoms with Crippen LogP contribution in [0.25, 0.3) is 0 Å². The zero-order valence-electron chi connectivity index (χ0n) is 10.5. The smallest absolute Gasteiger partial charge is 0.326 e. The summed E-state index contributed by atoms with van der Waals surface area (Å²) in [5.41, 5.74) is 0.688. The molecule has 4 N–H and O–H groups in total. The van der Waals surface area contributed by atoms with Crippen LogP contribution in [0.15, 0.2) is 22.7 Å². The first-order valence-corrected chi connectivity index (χ1v) is 6.34. The normalized spacial score (nSPS) is 11.0. The summed E-state index contributed by atoms with van der Waals surface area (Å²) < 4.78 is 0.432. The molecular weight excluding hydrogens is 346 g/mol. The molecule has 0 aliphatic rings. The van der Waals surface area contributed by atoms with Gasteiger partial charge in [0.2, 0.25) is 0 Å². The SMILES string of the molecule is N#Cc1ccc(NC(=O)NC(CC(=O)O)C(=O)O)c(Br)c1. The fourth-order valence-corrected chi connectivity index (χ4v) is 1.86. The summed E-state index contributed by atoms with van der Waals surface area (Å²) in [6.45, 7) is 0. The van der Waals surface area contributed by atoms with E-state index in [2.05, 4.69) is 21.2 Å². The van der Waals surface area contributed by atoms with Crippen molar-refractivity contribution in [3.05, 3.63) is 28.2 Å². The van der Waals surface area contributed by atoms with E-state index in [-0.39, 0.29) is 0 Å². The van der Waals surface area contributed by atoms with Gasteiger partial charge in [0, 0.05) is 4.47 Å². The molecule has 0 heterocycles. The van der Waals surface area contributed by atoms with Gasteiger partial charge < -0.3 is 20.8 Å². The molecule has 1 atom stereocenters. The number of carboxylic acid groups (broad SMARTS) is 2. The Morgan fingerprint density at radius 1 is 1.33 bits per heavy atom. The second-order valence-corrected chi connectivity index (χ2v) is 4.75. The summed E-state index contributed by atoms with van der Waals surface area (Å²) in [5, 5.41) is 30.5. The van der Waals surface area contributed by atoms with Gasteiger partial charge in [-0.05, 0) is 34.1 Å². The van der Waals surface area contributed by atoms with Crippen molar-refractivity contribution in [1.82, 2.24) is 5.32 Å². The first-order chi connectivity index (χ1) is 9.83. The molecule has 0 aromatic heterocycles. The molecule has 21 heavy (non-hydrogen) atoms. The van der Waals surface area contributed by atoms with Gasteiger partial charge in [0.05, 0.1) is 23.7 Å². The van der Waals surface area contributed by atoms with Crippen LogP contribution in [0.2, 0.25) is 0 Å². The summed E-state index contributed by atoms with van der Waals surface area (Å²) in [5.74, 6) is -2.80. The topological polar surface area (TPSA) is 140 Å². The summed E-state index contributed by atoms with van der Waals surface area (Å²) in [6, 6.07) is 3.90. The van der Waals surface area contributed by atoms with Crippen LogP contribution in [0.5, 0.6) is 0 Å². The Labute approximate surface area is 127 Å².